The van der Waals surface area contributed by atoms with Gasteiger partial charge in [-0.3, -0.25) is 0 Å². The molecular formula is C11H16O3. The molecule has 0 saturated heterocycles. The van der Waals surface area contributed by atoms with Gasteiger partial charge in [-0.1, -0.05) is 19.3 Å². The molecule has 1 heterocycles. The SMILES string of the molecule is OC(c1ccco1)C1(O)CCCCC1. The van der Waals surface area contributed by atoms with Crippen LogP contribution in [0.3, 0.4) is 0 Å². The van der Waals surface area contributed by atoms with E-state index in [1.165, 1.54) is 6.26 Å². The fraction of sp³-hybridized carbons (Fsp3) is 0.636. The Bertz CT molecular complexity index is 273. The second kappa shape index (κ2) is 3.75. The number of aliphatic hydroxyl groups excluding tert-OH is 1. The fourth-order valence-electron chi connectivity index (χ4n) is 2.15. The second-order valence-electron chi connectivity index (χ2n) is 4.08. The average molecular weight is 196 g/mol. The number of rotatable bonds is 2. The van der Waals surface area contributed by atoms with Crippen molar-refractivity contribution in [2.24, 2.45) is 0 Å². The first-order chi connectivity index (χ1) is 6.72. The van der Waals surface area contributed by atoms with E-state index in [0.717, 1.165) is 19.3 Å². The number of hydrogen-bond acceptors (Lipinski definition) is 3. The highest BCUT2D eigenvalue weighted by molar-refractivity contribution is 5.08. The summed E-state index contributed by atoms with van der Waals surface area (Å²) in [4.78, 5) is 0. The average Bonchev–Trinajstić information content (AvgIpc) is 2.70. The van der Waals surface area contributed by atoms with E-state index < -0.39 is 11.7 Å². The molecule has 1 aliphatic carbocycles. The third-order valence-corrected chi connectivity index (χ3v) is 3.04. The van der Waals surface area contributed by atoms with E-state index in [-0.39, 0.29) is 0 Å². The van der Waals surface area contributed by atoms with Crippen molar-refractivity contribution in [2.45, 2.75) is 43.8 Å². The minimum absolute atomic E-state index is 0.467. The van der Waals surface area contributed by atoms with Crippen molar-refractivity contribution in [3.05, 3.63) is 24.2 Å². The summed E-state index contributed by atoms with van der Waals surface area (Å²) in [5.74, 6) is 0.467. The Labute approximate surface area is 83.4 Å². The maximum Gasteiger partial charge on any atom is 0.140 e. The van der Waals surface area contributed by atoms with Crippen LogP contribution in [-0.4, -0.2) is 15.8 Å². The van der Waals surface area contributed by atoms with E-state index in [0.29, 0.717) is 18.6 Å². The number of furan rings is 1. The van der Waals surface area contributed by atoms with Crippen molar-refractivity contribution < 1.29 is 14.6 Å². The van der Waals surface area contributed by atoms with Crippen LogP contribution >= 0.6 is 0 Å². The van der Waals surface area contributed by atoms with Crippen molar-refractivity contribution in [1.82, 2.24) is 0 Å². The molecule has 0 amide bonds. The van der Waals surface area contributed by atoms with Crippen LogP contribution in [0.2, 0.25) is 0 Å². The van der Waals surface area contributed by atoms with Crippen molar-refractivity contribution in [3.63, 3.8) is 0 Å². The van der Waals surface area contributed by atoms with Gasteiger partial charge in [0.05, 0.1) is 11.9 Å². The Morgan fingerprint density at radius 2 is 2.00 bits per heavy atom. The first-order valence-electron chi connectivity index (χ1n) is 5.16. The summed E-state index contributed by atoms with van der Waals surface area (Å²) in [6.45, 7) is 0. The molecule has 1 aromatic rings. The summed E-state index contributed by atoms with van der Waals surface area (Å²) in [5, 5.41) is 20.2. The zero-order valence-electron chi connectivity index (χ0n) is 8.15. The summed E-state index contributed by atoms with van der Waals surface area (Å²) < 4.78 is 5.10. The summed E-state index contributed by atoms with van der Waals surface area (Å²) in [6.07, 6.45) is 5.07. The van der Waals surface area contributed by atoms with Crippen LogP contribution in [0.5, 0.6) is 0 Å². The Hall–Kier alpha value is -0.800. The van der Waals surface area contributed by atoms with Crippen LogP contribution in [0, 0.1) is 0 Å². The molecule has 0 spiro atoms. The second-order valence-corrected chi connectivity index (χ2v) is 4.08. The minimum atomic E-state index is -0.976. The molecule has 3 heteroatoms. The van der Waals surface area contributed by atoms with Crippen LogP contribution in [0.4, 0.5) is 0 Å². The molecule has 0 aliphatic heterocycles. The third-order valence-electron chi connectivity index (χ3n) is 3.04. The molecule has 1 atom stereocenters. The highest BCUT2D eigenvalue weighted by Gasteiger charge is 2.38. The van der Waals surface area contributed by atoms with Crippen LogP contribution < -0.4 is 0 Å². The Morgan fingerprint density at radius 3 is 2.57 bits per heavy atom. The highest BCUT2D eigenvalue weighted by Crippen LogP contribution is 2.38. The lowest BCUT2D eigenvalue weighted by molar-refractivity contribution is -0.107. The topological polar surface area (TPSA) is 53.6 Å². The number of aliphatic hydroxyl groups is 2. The van der Waals surface area contributed by atoms with Gasteiger partial charge in [0.25, 0.3) is 0 Å². The molecular weight excluding hydrogens is 180 g/mol. The molecule has 14 heavy (non-hydrogen) atoms. The van der Waals surface area contributed by atoms with Gasteiger partial charge < -0.3 is 14.6 Å². The standard InChI is InChI=1S/C11H16O3/c12-10(9-5-4-8-14-9)11(13)6-2-1-3-7-11/h4-5,8,10,12-13H,1-3,6-7H2. The van der Waals surface area contributed by atoms with Gasteiger partial charge in [-0.15, -0.1) is 0 Å². The Balaban J connectivity index is 2.13. The summed E-state index contributed by atoms with van der Waals surface area (Å²) >= 11 is 0. The smallest absolute Gasteiger partial charge is 0.140 e. The first-order valence-corrected chi connectivity index (χ1v) is 5.16. The molecule has 3 nitrogen and oxygen atoms in total. The summed E-state index contributed by atoms with van der Waals surface area (Å²) in [7, 11) is 0. The molecule has 1 aliphatic rings. The first kappa shape index (κ1) is 9.74. The Morgan fingerprint density at radius 1 is 1.29 bits per heavy atom. The van der Waals surface area contributed by atoms with E-state index in [4.69, 9.17) is 4.42 Å². The lowest BCUT2D eigenvalue weighted by atomic mass is 9.80. The molecule has 78 valence electrons. The predicted octanol–water partition coefficient (Wildman–Crippen LogP) is 2.01. The number of hydrogen-bond donors (Lipinski definition) is 2. The minimum Gasteiger partial charge on any atom is -0.466 e. The van der Waals surface area contributed by atoms with Gasteiger partial charge in [-0.25, -0.2) is 0 Å². The van der Waals surface area contributed by atoms with Crippen molar-refractivity contribution in [3.8, 4) is 0 Å². The van der Waals surface area contributed by atoms with Crippen LogP contribution in [0.1, 0.15) is 44.0 Å². The van der Waals surface area contributed by atoms with Gasteiger partial charge in [-0.05, 0) is 25.0 Å². The van der Waals surface area contributed by atoms with Gasteiger partial charge in [0.1, 0.15) is 11.9 Å². The monoisotopic (exact) mass is 196 g/mol. The zero-order valence-corrected chi connectivity index (χ0v) is 8.15. The van der Waals surface area contributed by atoms with Crippen LogP contribution in [0.15, 0.2) is 22.8 Å². The maximum absolute atomic E-state index is 10.2. The lowest BCUT2D eigenvalue weighted by Crippen LogP contribution is -2.38. The third kappa shape index (κ3) is 1.70. The molecule has 1 aromatic heterocycles. The maximum atomic E-state index is 10.2. The van der Waals surface area contributed by atoms with Crippen LogP contribution in [0.25, 0.3) is 0 Å². The molecule has 0 radical (unpaired) electrons. The largest absolute Gasteiger partial charge is 0.466 e. The van der Waals surface area contributed by atoms with E-state index in [9.17, 15) is 10.2 Å². The molecule has 1 unspecified atom stereocenters. The zero-order chi connectivity index (χ0) is 10.0. The molecule has 2 N–H and O–H groups in total. The van der Waals surface area contributed by atoms with Crippen molar-refractivity contribution in [1.29, 1.82) is 0 Å². The molecule has 1 fully saturated rings. The Kier molecular flexibility index (Phi) is 2.61. The van der Waals surface area contributed by atoms with Crippen molar-refractivity contribution >= 4 is 0 Å². The molecule has 0 aromatic carbocycles. The van der Waals surface area contributed by atoms with E-state index in [2.05, 4.69) is 0 Å². The van der Waals surface area contributed by atoms with Crippen molar-refractivity contribution in [2.75, 3.05) is 0 Å². The summed E-state index contributed by atoms with van der Waals surface area (Å²) in [5.41, 5.74) is -0.976. The van der Waals surface area contributed by atoms with E-state index >= 15 is 0 Å². The van der Waals surface area contributed by atoms with Crippen LogP contribution in [-0.2, 0) is 0 Å². The fourth-order valence-corrected chi connectivity index (χ4v) is 2.15. The quantitative estimate of drug-likeness (QED) is 0.760. The van der Waals surface area contributed by atoms with E-state index in [1.54, 1.807) is 12.1 Å². The summed E-state index contributed by atoms with van der Waals surface area (Å²) in [6, 6.07) is 3.43. The van der Waals surface area contributed by atoms with Gasteiger partial charge >= 0.3 is 0 Å². The van der Waals surface area contributed by atoms with Gasteiger partial charge in [0.2, 0.25) is 0 Å². The van der Waals surface area contributed by atoms with E-state index in [1.807, 2.05) is 0 Å². The molecule has 1 saturated carbocycles. The van der Waals surface area contributed by atoms with Gasteiger partial charge in [0, 0.05) is 0 Å². The van der Waals surface area contributed by atoms with Gasteiger partial charge in [0.15, 0.2) is 0 Å². The molecule has 2 rings (SSSR count). The normalized spacial score (nSPS) is 23.3. The van der Waals surface area contributed by atoms with Gasteiger partial charge in [-0.2, -0.15) is 0 Å². The lowest BCUT2D eigenvalue weighted by Gasteiger charge is -2.35. The highest BCUT2D eigenvalue weighted by atomic mass is 16.4. The molecule has 0 bridgehead atoms. The predicted molar refractivity (Wildman–Crippen MR) is 51.7 cm³/mol.